The first-order valence-electron chi connectivity index (χ1n) is 8.40. The van der Waals surface area contributed by atoms with E-state index in [1.54, 1.807) is 42.5 Å². The quantitative estimate of drug-likeness (QED) is 0.709. The topological polar surface area (TPSA) is 84.9 Å². The van der Waals surface area contributed by atoms with Crippen molar-refractivity contribution in [1.29, 1.82) is 0 Å². The van der Waals surface area contributed by atoms with Crippen LogP contribution in [0.25, 0.3) is 0 Å². The Morgan fingerprint density at radius 2 is 1.70 bits per heavy atom. The van der Waals surface area contributed by atoms with Gasteiger partial charge in [-0.25, -0.2) is 8.42 Å². The molecular formula is C19H24N2O5S. The van der Waals surface area contributed by atoms with Gasteiger partial charge in [0, 0.05) is 24.7 Å². The molecule has 0 radical (unpaired) electrons. The molecule has 0 saturated heterocycles. The molecule has 7 nitrogen and oxygen atoms in total. The van der Waals surface area contributed by atoms with Gasteiger partial charge in [-0.3, -0.25) is 9.10 Å². The molecule has 0 saturated carbocycles. The van der Waals surface area contributed by atoms with Crippen molar-refractivity contribution in [1.82, 2.24) is 0 Å². The van der Waals surface area contributed by atoms with Crippen molar-refractivity contribution in [3.8, 4) is 11.5 Å². The van der Waals surface area contributed by atoms with Crippen LogP contribution in [-0.4, -0.2) is 41.3 Å². The van der Waals surface area contributed by atoms with Gasteiger partial charge >= 0.3 is 0 Å². The number of nitrogens with one attached hydrogen (secondary N) is 1. The number of nitrogens with zero attached hydrogens (tertiary/aromatic N) is 1. The smallest absolute Gasteiger partial charge is 0.232 e. The molecule has 146 valence electrons. The molecule has 0 unspecified atom stereocenters. The number of ether oxygens (including phenoxy) is 2. The average molecular weight is 392 g/mol. The first kappa shape index (κ1) is 20.6. The summed E-state index contributed by atoms with van der Waals surface area (Å²) in [6.07, 6.45) is 1.73. The maximum atomic E-state index is 12.2. The molecule has 0 spiro atoms. The standard InChI is InChI=1S/C19H24N2O5S/c1-25-17-12-11-15(14-18(17)26-2)20-19(22)10-7-13-21(27(3,23)24)16-8-5-4-6-9-16/h4-6,8-9,11-12,14H,7,10,13H2,1-3H3,(H,20,22). The van der Waals surface area contributed by atoms with Crippen LogP contribution in [-0.2, 0) is 14.8 Å². The number of hydrogen-bond acceptors (Lipinski definition) is 5. The lowest BCUT2D eigenvalue weighted by atomic mass is 10.2. The van der Waals surface area contributed by atoms with Crippen molar-refractivity contribution < 1.29 is 22.7 Å². The fourth-order valence-corrected chi connectivity index (χ4v) is 3.57. The molecule has 1 amide bonds. The number of hydrogen-bond donors (Lipinski definition) is 1. The highest BCUT2D eigenvalue weighted by Crippen LogP contribution is 2.29. The summed E-state index contributed by atoms with van der Waals surface area (Å²) in [6.45, 7) is 0.224. The van der Waals surface area contributed by atoms with Gasteiger partial charge in [0.15, 0.2) is 11.5 Å². The van der Waals surface area contributed by atoms with Crippen molar-refractivity contribution in [2.45, 2.75) is 12.8 Å². The Morgan fingerprint density at radius 3 is 2.30 bits per heavy atom. The summed E-state index contributed by atoms with van der Waals surface area (Å²) < 4.78 is 35.7. The van der Waals surface area contributed by atoms with Crippen molar-refractivity contribution in [2.24, 2.45) is 0 Å². The van der Waals surface area contributed by atoms with Crippen molar-refractivity contribution in [3.63, 3.8) is 0 Å². The van der Waals surface area contributed by atoms with Crippen molar-refractivity contribution in [2.75, 3.05) is 36.6 Å². The first-order chi connectivity index (χ1) is 12.8. The fourth-order valence-electron chi connectivity index (χ4n) is 2.60. The highest BCUT2D eigenvalue weighted by molar-refractivity contribution is 7.92. The number of carbonyl (C=O) groups is 1. The van der Waals surface area contributed by atoms with Crippen LogP contribution in [0.2, 0.25) is 0 Å². The summed E-state index contributed by atoms with van der Waals surface area (Å²) in [5.74, 6) is 0.883. The number of rotatable bonds is 9. The lowest BCUT2D eigenvalue weighted by molar-refractivity contribution is -0.116. The molecule has 0 fully saturated rings. The van der Waals surface area contributed by atoms with Gasteiger partial charge < -0.3 is 14.8 Å². The molecular weight excluding hydrogens is 368 g/mol. The Labute approximate surface area is 160 Å². The normalized spacial score (nSPS) is 10.9. The monoisotopic (exact) mass is 392 g/mol. The van der Waals surface area contributed by atoms with Crippen LogP contribution in [0.5, 0.6) is 11.5 Å². The maximum absolute atomic E-state index is 12.2. The lowest BCUT2D eigenvalue weighted by Gasteiger charge is -2.22. The van der Waals surface area contributed by atoms with Gasteiger partial charge in [0.1, 0.15) is 0 Å². The molecule has 8 heteroatoms. The minimum atomic E-state index is -3.42. The van der Waals surface area contributed by atoms with Gasteiger partial charge in [-0.05, 0) is 30.7 Å². The van der Waals surface area contributed by atoms with Gasteiger partial charge in [-0.1, -0.05) is 18.2 Å². The molecule has 0 heterocycles. The third-order valence-corrected chi connectivity index (χ3v) is 5.07. The van der Waals surface area contributed by atoms with E-state index >= 15 is 0 Å². The van der Waals surface area contributed by atoms with Crippen LogP contribution >= 0.6 is 0 Å². The summed E-state index contributed by atoms with van der Waals surface area (Å²) in [5.41, 5.74) is 1.17. The highest BCUT2D eigenvalue weighted by Gasteiger charge is 2.17. The van der Waals surface area contributed by atoms with Gasteiger partial charge in [0.05, 0.1) is 26.2 Å². The average Bonchev–Trinajstić information content (AvgIpc) is 2.64. The Balaban J connectivity index is 1.95. The van der Waals surface area contributed by atoms with E-state index in [2.05, 4.69) is 5.32 Å². The van der Waals surface area contributed by atoms with E-state index in [-0.39, 0.29) is 18.9 Å². The second kappa shape index (κ2) is 9.27. The molecule has 0 atom stereocenters. The summed E-state index contributed by atoms with van der Waals surface area (Å²) in [4.78, 5) is 12.2. The van der Waals surface area contributed by atoms with Crippen LogP contribution in [0, 0.1) is 0 Å². The summed E-state index contributed by atoms with van der Waals surface area (Å²) in [5, 5.41) is 2.78. The van der Waals surface area contributed by atoms with E-state index in [0.29, 0.717) is 29.3 Å². The van der Waals surface area contributed by atoms with Crippen molar-refractivity contribution in [3.05, 3.63) is 48.5 Å². The SMILES string of the molecule is COc1ccc(NC(=O)CCCN(c2ccccc2)S(C)(=O)=O)cc1OC. The Hall–Kier alpha value is -2.74. The second-order valence-electron chi connectivity index (χ2n) is 5.89. The van der Waals surface area contributed by atoms with Gasteiger partial charge in [0.25, 0.3) is 0 Å². The molecule has 1 N–H and O–H groups in total. The highest BCUT2D eigenvalue weighted by atomic mass is 32.2. The Morgan fingerprint density at radius 1 is 1.04 bits per heavy atom. The minimum absolute atomic E-state index is 0.188. The third-order valence-electron chi connectivity index (χ3n) is 3.88. The zero-order chi connectivity index (χ0) is 19.9. The fraction of sp³-hybridized carbons (Fsp3) is 0.316. The molecule has 0 aromatic heterocycles. The molecule has 2 aromatic rings. The Kier molecular flexibility index (Phi) is 7.06. The third kappa shape index (κ3) is 5.89. The predicted molar refractivity (Wildman–Crippen MR) is 106 cm³/mol. The number of amides is 1. The number of carbonyl (C=O) groups excluding carboxylic acids is 1. The molecule has 0 aliphatic carbocycles. The van der Waals surface area contributed by atoms with Crippen LogP contribution in [0.1, 0.15) is 12.8 Å². The molecule has 0 aliphatic heterocycles. The van der Waals surface area contributed by atoms with E-state index < -0.39 is 10.0 Å². The zero-order valence-electron chi connectivity index (χ0n) is 15.6. The van der Waals surface area contributed by atoms with Crippen LogP contribution in [0.15, 0.2) is 48.5 Å². The first-order valence-corrected chi connectivity index (χ1v) is 10.2. The van der Waals surface area contributed by atoms with Crippen LogP contribution in [0.3, 0.4) is 0 Å². The van der Waals surface area contributed by atoms with E-state index in [1.807, 2.05) is 6.07 Å². The van der Waals surface area contributed by atoms with Gasteiger partial charge in [0.2, 0.25) is 15.9 Å². The predicted octanol–water partition coefficient (Wildman–Crippen LogP) is 2.89. The number of para-hydroxylation sites is 1. The summed E-state index contributed by atoms with van der Waals surface area (Å²) >= 11 is 0. The number of anilines is 2. The molecule has 2 rings (SSSR count). The van der Waals surface area contributed by atoms with E-state index in [4.69, 9.17) is 9.47 Å². The number of benzene rings is 2. The second-order valence-corrected chi connectivity index (χ2v) is 7.80. The number of sulfonamides is 1. The molecule has 2 aromatic carbocycles. The van der Waals surface area contributed by atoms with E-state index in [0.717, 1.165) is 6.26 Å². The van der Waals surface area contributed by atoms with E-state index in [1.165, 1.54) is 18.5 Å². The molecule has 0 bridgehead atoms. The summed E-state index contributed by atoms with van der Waals surface area (Å²) in [6, 6.07) is 13.9. The van der Waals surface area contributed by atoms with Crippen LogP contribution < -0.4 is 19.1 Å². The maximum Gasteiger partial charge on any atom is 0.232 e. The van der Waals surface area contributed by atoms with Crippen LogP contribution in [0.4, 0.5) is 11.4 Å². The van der Waals surface area contributed by atoms with Crippen molar-refractivity contribution >= 4 is 27.3 Å². The molecule has 0 aliphatic rings. The van der Waals surface area contributed by atoms with Gasteiger partial charge in [-0.15, -0.1) is 0 Å². The Bertz CT molecular complexity index is 869. The minimum Gasteiger partial charge on any atom is -0.493 e. The largest absolute Gasteiger partial charge is 0.493 e. The molecule has 27 heavy (non-hydrogen) atoms. The number of methoxy groups -OCH3 is 2. The lowest BCUT2D eigenvalue weighted by Crippen LogP contribution is -2.31. The van der Waals surface area contributed by atoms with Gasteiger partial charge in [-0.2, -0.15) is 0 Å². The summed E-state index contributed by atoms with van der Waals surface area (Å²) in [7, 11) is -0.362. The van der Waals surface area contributed by atoms with E-state index in [9.17, 15) is 13.2 Å². The zero-order valence-corrected chi connectivity index (χ0v) is 16.5.